The van der Waals surface area contributed by atoms with Crippen LogP contribution in [-0.2, 0) is 9.53 Å². The molecule has 1 aliphatic heterocycles. The van der Waals surface area contributed by atoms with Crippen molar-refractivity contribution in [3.8, 4) is 5.75 Å². The number of ether oxygens (including phenoxy) is 2. The number of alkyl halides is 1. The summed E-state index contributed by atoms with van der Waals surface area (Å²) in [6.07, 6.45) is -3.34. The van der Waals surface area contributed by atoms with Gasteiger partial charge in [0.2, 0.25) is 5.82 Å². The van der Waals surface area contributed by atoms with Crippen molar-refractivity contribution in [2.75, 3.05) is 13.7 Å². The third-order valence-corrected chi connectivity index (χ3v) is 4.50. The van der Waals surface area contributed by atoms with Crippen LogP contribution >= 0.6 is 0 Å². The SMILES string of the molecule is COc1ccc(C(F)N2CC(c3ccccc3C)OC2C=O)c(F)c1F. The van der Waals surface area contributed by atoms with Crippen molar-refractivity contribution in [3.63, 3.8) is 0 Å². The minimum absolute atomic E-state index is 0.0303. The summed E-state index contributed by atoms with van der Waals surface area (Å²) in [5.74, 6) is -2.94. The van der Waals surface area contributed by atoms with Crippen LogP contribution in [0.3, 0.4) is 0 Å². The molecule has 0 spiro atoms. The molecule has 0 amide bonds. The number of nitrogens with zero attached hydrogens (tertiary/aromatic N) is 1. The number of rotatable bonds is 5. The maximum Gasteiger partial charge on any atom is 0.201 e. The average Bonchev–Trinajstić information content (AvgIpc) is 3.08. The first-order chi connectivity index (χ1) is 12.5. The fourth-order valence-corrected chi connectivity index (χ4v) is 3.10. The molecule has 1 aliphatic rings. The van der Waals surface area contributed by atoms with E-state index in [1.807, 2.05) is 31.2 Å². The van der Waals surface area contributed by atoms with Crippen LogP contribution in [0.5, 0.6) is 5.75 Å². The van der Waals surface area contributed by atoms with Crippen molar-refractivity contribution in [1.29, 1.82) is 0 Å². The first-order valence-corrected chi connectivity index (χ1v) is 8.06. The number of carbonyl (C=O) groups is 1. The van der Waals surface area contributed by atoms with Gasteiger partial charge in [-0.1, -0.05) is 24.3 Å². The highest BCUT2D eigenvalue weighted by atomic mass is 19.2. The van der Waals surface area contributed by atoms with Crippen LogP contribution in [0.2, 0.25) is 0 Å². The van der Waals surface area contributed by atoms with Gasteiger partial charge in [0.15, 0.2) is 30.4 Å². The molecular weight excluding hydrogens is 347 g/mol. The number of halogens is 3. The molecule has 0 bridgehead atoms. The Balaban J connectivity index is 1.89. The van der Waals surface area contributed by atoms with Gasteiger partial charge in [-0.15, -0.1) is 0 Å². The summed E-state index contributed by atoms with van der Waals surface area (Å²) in [5.41, 5.74) is 1.24. The lowest BCUT2D eigenvalue weighted by Crippen LogP contribution is -2.33. The van der Waals surface area contributed by atoms with Gasteiger partial charge >= 0.3 is 0 Å². The lowest BCUT2D eigenvalue weighted by Gasteiger charge is -2.23. The second-order valence-corrected chi connectivity index (χ2v) is 6.03. The number of benzene rings is 2. The van der Waals surface area contributed by atoms with Crippen molar-refractivity contribution >= 4 is 6.29 Å². The first-order valence-electron chi connectivity index (χ1n) is 8.06. The van der Waals surface area contributed by atoms with E-state index in [0.717, 1.165) is 28.2 Å². The normalized spacial score (nSPS) is 21.6. The van der Waals surface area contributed by atoms with Gasteiger partial charge in [-0.05, 0) is 30.2 Å². The van der Waals surface area contributed by atoms with Gasteiger partial charge in [-0.3, -0.25) is 4.79 Å². The van der Waals surface area contributed by atoms with E-state index in [2.05, 4.69) is 4.74 Å². The van der Waals surface area contributed by atoms with E-state index in [1.54, 1.807) is 0 Å². The molecule has 4 nitrogen and oxygen atoms in total. The Bertz CT molecular complexity index is 815. The molecule has 7 heteroatoms. The van der Waals surface area contributed by atoms with E-state index in [0.29, 0.717) is 6.29 Å². The van der Waals surface area contributed by atoms with Gasteiger partial charge in [-0.25, -0.2) is 13.7 Å². The Kier molecular flexibility index (Phi) is 5.29. The molecule has 0 aromatic heterocycles. The zero-order valence-electron chi connectivity index (χ0n) is 14.3. The Morgan fingerprint density at radius 1 is 1.23 bits per heavy atom. The fourth-order valence-electron chi connectivity index (χ4n) is 3.10. The predicted octanol–water partition coefficient (Wildman–Crippen LogP) is 3.85. The molecule has 0 radical (unpaired) electrons. The van der Waals surface area contributed by atoms with Crippen molar-refractivity contribution in [2.24, 2.45) is 0 Å². The highest BCUT2D eigenvalue weighted by Gasteiger charge is 2.40. The van der Waals surface area contributed by atoms with Crippen LogP contribution in [0.15, 0.2) is 36.4 Å². The monoisotopic (exact) mass is 365 g/mol. The second-order valence-electron chi connectivity index (χ2n) is 6.03. The smallest absolute Gasteiger partial charge is 0.201 e. The maximum absolute atomic E-state index is 15.0. The van der Waals surface area contributed by atoms with E-state index in [4.69, 9.17) is 4.74 Å². The second kappa shape index (κ2) is 7.47. The molecule has 1 fully saturated rings. The lowest BCUT2D eigenvalue weighted by molar-refractivity contribution is -0.128. The molecule has 3 rings (SSSR count). The minimum atomic E-state index is -2.04. The van der Waals surface area contributed by atoms with Crippen molar-refractivity contribution in [2.45, 2.75) is 25.6 Å². The molecule has 0 aliphatic carbocycles. The van der Waals surface area contributed by atoms with Gasteiger partial charge in [0.1, 0.15) is 0 Å². The van der Waals surface area contributed by atoms with Crippen LogP contribution in [0, 0.1) is 18.6 Å². The Labute approximate surface area is 149 Å². The van der Waals surface area contributed by atoms with E-state index in [1.165, 1.54) is 7.11 Å². The number of aldehydes is 1. The van der Waals surface area contributed by atoms with Gasteiger partial charge in [0.25, 0.3) is 0 Å². The van der Waals surface area contributed by atoms with Crippen LogP contribution in [0.25, 0.3) is 0 Å². The van der Waals surface area contributed by atoms with Gasteiger partial charge in [0, 0.05) is 12.1 Å². The summed E-state index contributed by atoms with van der Waals surface area (Å²) in [4.78, 5) is 12.4. The van der Waals surface area contributed by atoms with E-state index >= 15 is 0 Å². The molecule has 0 N–H and O–H groups in total. The molecule has 3 unspecified atom stereocenters. The third kappa shape index (κ3) is 3.20. The molecule has 1 heterocycles. The number of methoxy groups -OCH3 is 1. The van der Waals surface area contributed by atoms with Gasteiger partial charge in [-0.2, -0.15) is 4.39 Å². The predicted molar refractivity (Wildman–Crippen MR) is 88.3 cm³/mol. The van der Waals surface area contributed by atoms with Crippen LogP contribution in [0.4, 0.5) is 13.2 Å². The minimum Gasteiger partial charge on any atom is -0.494 e. The molecular formula is C19H18F3NO3. The molecule has 138 valence electrons. The van der Waals surface area contributed by atoms with Gasteiger partial charge in [0.05, 0.1) is 13.2 Å². The lowest BCUT2D eigenvalue weighted by atomic mass is 10.0. The Morgan fingerprint density at radius 3 is 2.62 bits per heavy atom. The number of hydrogen-bond acceptors (Lipinski definition) is 4. The number of carbonyl (C=O) groups excluding carboxylic acids is 1. The topological polar surface area (TPSA) is 38.8 Å². The Morgan fingerprint density at radius 2 is 1.96 bits per heavy atom. The summed E-state index contributed by atoms with van der Waals surface area (Å²) >= 11 is 0. The summed E-state index contributed by atoms with van der Waals surface area (Å²) in [6, 6.07) is 9.62. The number of aryl methyl sites for hydroxylation is 1. The molecule has 26 heavy (non-hydrogen) atoms. The van der Waals surface area contributed by atoms with Crippen LogP contribution in [0.1, 0.15) is 29.1 Å². The van der Waals surface area contributed by atoms with Crippen molar-refractivity contribution in [1.82, 2.24) is 4.90 Å². The van der Waals surface area contributed by atoms with Crippen molar-refractivity contribution in [3.05, 3.63) is 64.7 Å². The summed E-state index contributed by atoms with van der Waals surface area (Å²) in [7, 11) is 1.19. The molecule has 0 saturated carbocycles. The zero-order chi connectivity index (χ0) is 18.8. The fraction of sp³-hybridized carbons (Fsp3) is 0.316. The summed E-state index contributed by atoms with van der Waals surface area (Å²) < 4.78 is 53.4. The summed E-state index contributed by atoms with van der Waals surface area (Å²) in [5, 5.41) is 0. The largest absolute Gasteiger partial charge is 0.494 e. The third-order valence-electron chi connectivity index (χ3n) is 4.50. The highest BCUT2D eigenvalue weighted by Crippen LogP contribution is 2.38. The van der Waals surface area contributed by atoms with E-state index < -0.39 is 35.8 Å². The standard InChI is InChI=1S/C19H18F3NO3/c1-11-5-3-4-6-12(11)15-9-23(16(10-24)26-15)19(22)13-7-8-14(25-2)18(21)17(13)20/h3-8,10,15-16,19H,9H2,1-2H3. The molecule has 2 aromatic carbocycles. The molecule has 2 aromatic rings. The van der Waals surface area contributed by atoms with Crippen LogP contribution < -0.4 is 4.74 Å². The van der Waals surface area contributed by atoms with Crippen LogP contribution in [-0.4, -0.2) is 31.1 Å². The quantitative estimate of drug-likeness (QED) is 0.596. The average molecular weight is 365 g/mol. The van der Waals surface area contributed by atoms with Gasteiger partial charge < -0.3 is 9.47 Å². The zero-order valence-corrected chi connectivity index (χ0v) is 14.3. The maximum atomic E-state index is 15.0. The highest BCUT2D eigenvalue weighted by molar-refractivity contribution is 5.56. The Hall–Kier alpha value is -2.38. The molecule has 1 saturated heterocycles. The van der Waals surface area contributed by atoms with E-state index in [9.17, 15) is 18.0 Å². The molecule has 3 atom stereocenters. The van der Waals surface area contributed by atoms with E-state index in [-0.39, 0.29) is 12.3 Å². The first kappa shape index (κ1) is 18.4. The number of hydrogen-bond donors (Lipinski definition) is 0. The summed E-state index contributed by atoms with van der Waals surface area (Å²) in [6.45, 7) is 1.91. The van der Waals surface area contributed by atoms with Crippen molar-refractivity contribution < 1.29 is 27.4 Å².